The fourth-order valence-corrected chi connectivity index (χ4v) is 2.34. The first-order valence-corrected chi connectivity index (χ1v) is 5.11. The highest BCUT2D eigenvalue weighted by atomic mass is 16.2. The van der Waals surface area contributed by atoms with Gasteiger partial charge in [-0.3, -0.25) is 0 Å². The van der Waals surface area contributed by atoms with Crippen molar-refractivity contribution in [3.8, 4) is 0 Å². The molecule has 14 heavy (non-hydrogen) atoms. The smallest absolute Gasteiger partial charge is 0.245 e. The number of rotatable bonds is 1. The molecule has 78 valence electrons. The summed E-state index contributed by atoms with van der Waals surface area (Å²) in [6.45, 7) is 4.38. The summed E-state index contributed by atoms with van der Waals surface area (Å²) in [6.07, 6.45) is 4.60. The molecule has 1 aromatic heterocycles. The molecule has 0 amide bonds. The van der Waals surface area contributed by atoms with Crippen molar-refractivity contribution < 1.29 is 0 Å². The predicted octanol–water partition coefficient (Wildman–Crippen LogP) is 1.11. The van der Waals surface area contributed by atoms with Gasteiger partial charge in [0.1, 0.15) is 0 Å². The molecule has 1 heterocycles. The Hall–Kier alpha value is -1.13. The fourth-order valence-electron chi connectivity index (χ4n) is 2.34. The van der Waals surface area contributed by atoms with Crippen molar-refractivity contribution in [2.75, 3.05) is 0 Å². The van der Waals surface area contributed by atoms with Gasteiger partial charge in [-0.05, 0) is 28.7 Å². The zero-order valence-corrected chi connectivity index (χ0v) is 8.66. The van der Waals surface area contributed by atoms with Gasteiger partial charge in [-0.15, -0.1) is 0 Å². The quantitative estimate of drug-likeness (QED) is 0.731. The molecular formula is C9H16N4O. The normalized spacial score (nSPS) is 26.3. The SMILES string of the molecule is CC1(C)CCCCC1n1nn[nH]c1=O. The van der Waals surface area contributed by atoms with Crippen LogP contribution in [0.25, 0.3) is 0 Å². The van der Waals surface area contributed by atoms with Crippen LogP contribution in [0.4, 0.5) is 0 Å². The van der Waals surface area contributed by atoms with Crippen LogP contribution in [0.5, 0.6) is 0 Å². The minimum Gasteiger partial charge on any atom is -0.245 e. The summed E-state index contributed by atoms with van der Waals surface area (Å²) in [5.74, 6) is 0. The Labute approximate surface area is 82.5 Å². The van der Waals surface area contributed by atoms with E-state index in [1.54, 1.807) is 0 Å². The van der Waals surface area contributed by atoms with Gasteiger partial charge in [0.25, 0.3) is 0 Å². The Bertz CT molecular complexity index is 365. The molecule has 0 aromatic carbocycles. The Morgan fingerprint density at radius 1 is 1.50 bits per heavy atom. The second kappa shape index (κ2) is 3.22. The molecule has 1 saturated carbocycles. The first kappa shape index (κ1) is 9.43. The monoisotopic (exact) mass is 196 g/mol. The number of hydrogen-bond acceptors (Lipinski definition) is 3. The molecule has 1 N–H and O–H groups in total. The van der Waals surface area contributed by atoms with Crippen LogP contribution in [-0.2, 0) is 0 Å². The number of aromatic amines is 1. The van der Waals surface area contributed by atoms with Crippen LogP contribution in [0.15, 0.2) is 4.79 Å². The number of hydrogen-bond donors (Lipinski definition) is 1. The fraction of sp³-hybridized carbons (Fsp3) is 0.889. The summed E-state index contributed by atoms with van der Waals surface area (Å²) >= 11 is 0. The molecule has 0 aliphatic heterocycles. The highest BCUT2D eigenvalue weighted by molar-refractivity contribution is 4.86. The van der Waals surface area contributed by atoms with E-state index < -0.39 is 0 Å². The Morgan fingerprint density at radius 3 is 2.86 bits per heavy atom. The third-order valence-corrected chi connectivity index (χ3v) is 3.24. The summed E-state index contributed by atoms with van der Waals surface area (Å²) in [5.41, 5.74) is -0.0381. The van der Waals surface area contributed by atoms with Gasteiger partial charge in [-0.25, -0.2) is 9.89 Å². The van der Waals surface area contributed by atoms with Gasteiger partial charge in [0.05, 0.1) is 6.04 Å². The highest BCUT2D eigenvalue weighted by Crippen LogP contribution is 2.42. The number of nitrogens with zero attached hydrogens (tertiary/aromatic N) is 3. The maximum atomic E-state index is 11.4. The van der Waals surface area contributed by atoms with Crippen LogP contribution in [0.2, 0.25) is 0 Å². The van der Waals surface area contributed by atoms with E-state index >= 15 is 0 Å². The van der Waals surface area contributed by atoms with Crippen LogP contribution in [0, 0.1) is 5.41 Å². The van der Waals surface area contributed by atoms with E-state index in [1.165, 1.54) is 17.5 Å². The minimum atomic E-state index is -0.190. The van der Waals surface area contributed by atoms with Gasteiger partial charge in [-0.1, -0.05) is 26.7 Å². The van der Waals surface area contributed by atoms with Crippen molar-refractivity contribution in [3.63, 3.8) is 0 Å². The maximum absolute atomic E-state index is 11.4. The largest absolute Gasteiger partial charge is 0.361 e. The van der Waals surface area contributed by atoms with Crippen LogP contribution >= 0.6 is 0 Å². The van der Waals surface area contributed by atoms with E-state index in [4.69, 9.17) is 0 Å². The van der Waals surface area contributed by atoms with Gasteiger partial charge in [0.2, 0.25) is 0 Å². The molecule has 2 rings (SSSR count). The third-order valence-electron chi connectivity index (χ3n) is 3.24. The average Bonchev–Trinajstić information content (AvgIpc) is 2.51. The summed E-state index contributed by atoms with van der Waals surface area (Å²) < 4.78 is 1.50. The lowest BCUT2D eigenvalue weighted by molar-refractivity contribution is 0.128. The number of aromatic nitrogens is 4. The Kier molecular flexibility index (Phi) is 2.17. The van der Waals surface area contributed by atoms with Crippen LogP contribution in [-0.4, -0.2) is 20.2 Å². The van der Waals surface area contributed by atoms with Crippen molar-refractivity contribution >= 4 is 0 Å². The van der Waals surface area contributed by atoms with Crippen molar-refractivity contribution in [1.82, 2.24) is 20.2 Å². The predicted molar refractivity (Wildman–Crippen MR) is 51.9 cm³/mol. The number of nitrogens with one attached hydrogen (secondary N) is 1. The molecule has 1 aliphatic rings. The molecule has 0 saturated heterocycles. The molecular weight excluding hydrogens is 180 g/mol. The van der Waals surface area contributed by atoms with Gasteiger partial charge in [0.15, 0.2) is 0 Å². The Morgan fingerprint density at radius 2 is 2.29 bits per heavy atom. The molecule has 5 heteroatoms. The molecule has 0 radical (unpaired) electrons. The average molecular weight is 196 g/mol. The van der Waals surface area contributed by atoms with Crippen molar-refractivity contribution in [2.45, 2.75) is 45.6 Å². The molecule has 1 unspecified atom stereocenters. The lowest BCUT2D eigenvalue weighted by Gasteiger charge is -2.37. The van der Waals surface area contributed by atoms with Crippen LogP contribution < -0.4 is 5.69 Å². The van der Waals surface area contributed by atoms with Crippen molar-refractivity contribution in [2.24, 2.45) is 5.41 Å². The lowest BCUT2D eigenvalue weighted by atomic mass is 9.73. The van der Waals surface area contributed by atoms with Gasteiger partial charge >= 0.3 is 5.69 Å². The maximum Gasteiger partial charge on any atom is 0.361 e. The second-order valence-corrected chi connectivity index (χ2v) is 4.70. The summed E-state index contributed by atoms with van der Waals surface area (Å²) in [7, 11) is 0. The zero-order valence-electron chi connectivity index (χ0n) is 8.66. The molecule has 1 aromatic rings. The zero-order chi connectivity index (χ0) is 10.2. The molecule has 1 aliphatic carbocycles. The molecule has 5 nitrogen and oxygen atoms in total. The number of H-pyrrole nitrogens is 1. The second-order valence-electron chi connectivity index (χ2n) is 4.70. The first-order valence-electron chi connectivity index (χ1n) is 5.11. The molecule has 0 spiro atoms. The van der Waals surface area contributed by atoms with Crippen LogP contribution in [0.3, 0.4) is 0 Å². The minimum absolute atomic E-state index is 0.152. The Balaban J connectivity index is 2.33. The third kappa shape index (κ3) is 1.47. The van der Waals surface area contributed by atoms with E-state index in [-0.39, 0.29) is 17.1 Å². The van der Waals surface area contributed by atoms with E-state index in [0.29, 0.717) is 0 Å². The molecule has 0 bridgehead atoms. The van der Waals surface area contributed by atoms with E-state index in [2.05, 4.69) is 29.4 Å². The van der Waals surface area contributed by atoms with E-state index in [9.17, 15) is 4.79 Å². The summed E-state index contributed by atoms with van der Waals surface area (Å²) in [5, 5.41) is 9.72. The highest BCUT2D eigenvalue weighted by Gasteiger charge is 2.35. The first-order chi connectivity index (χ1) is 6.61. The van der Waals surface area contributed by atoms with E-state index in [1.807, 2.05) is 0 Å². The lowest BCUT2D eigenvalue weighted by Crippen LogP contribution is -2.36. The van der Waals surface area contributed by atoms with Crippen LogP contribution in [0.1, 0.15) is 45.6 Å². The van der Waals surface area contributed by atoms with Crippen molar-refractivity contribution in [3.05, 3.63) is 10.5 Å². The van der Waals surface area contributed by atoms with Gasteiger partial charge < -0.3 is 0 Å². The molecule has 1 fully saturated rings. The molecule has 1 atom stereocenters. The standard InChI is InChI=1S/C9H16N4O/c1-9(2)6-4-3-5-7(9)13-8(14)10-11-12-13/h7H,3-6H2,1-2H3,(H,10,12,14). The van der Waals surface area contributed by atoms with Gasteiger partial charge in [0, 0.05) is 0 Å². The summed E-state index contributed by atoms with van der Waals surface area (Å²) in [6, 6.07) is 0.197. The summed E-state index contributed by atoms with van der Waals surface area (Å²) in [4.78, 5) is 11.4. The van der Waals surface area contributed by atoms with Gasteiger partial charge in [-0.2, -0.15) is 4.68 Å². The van der Waals surface area contributed by atoms with E-state index in [0.717, 1.165) is 12.8 Å². The number of tetrazole rings is 1. The topological polar surface area (TPSA) is 63.6 Å². The van der Waals surface area contributed by atoms with Crippen molar-refractivity contribution in [1.29, 1.82) is 0 Å².